The summed E-state index contributed by atoms with van der Waals surface area (Å²) in [5.41, 5.74) is 3.95. The number of ether oxygens (including phenoxy) is 1. The van der Waals surface area contributed by atoms with Crippen LogP contribution in [0.1, 0.15) is 28.4 Å². The fourth-order valence-corrected chi connectivity index (χ4v) is 4.24. The van der Waals surface area contributed by atoms with E-state index in [0.717, 1.165) is 33.2 Å². The molecule has 1 heterocycles. The summed E-state index contributed by atoms with van der Waals surface area (Å²) in [7, 11) is 4.01. The number of aromatic nitrogens is 1. The highest BCUT2D eigenvalue weighted by atomic mass is 35.5. The van der Waals surface area contributed by atoms with Gasteiger partial charge >= 0.3 is 0 Å². The number of fused-ring (bicyclic) bond motifs is 1. The molecule has 0 spiro atoms. The molecule has 156 valence electrons. The van der Waals surface area contributed by atoms with Gasteiger partial charge in [0.2, 0.25) is 0 Å². The van der Waals surface area contributed by atoms with E-state index in [9.17, 15) is 4.79 Å². The van der Waals surface area contributed by atoms with Crippen LogP contribution in [0.25, 0.3) is 10.2 Å². The first kappa shape index (κ1) is 23.1. The molecule has 0 fully saturated rings. The van der Waals surface area contributed by atoms with E-state index in [1.807, 2.05) is 45.3 Å². The standard InChI is InChI=1S/C22H27N3O2S.ClH/c1-6-27-18-9-7-17(8-10-18)21(26)25(12-11-24(4)5)22-23-20-16(3)13-15(2)14-19(20)28-22;/h7-10,13-14H,6,11-12H2,1-5H3;1H. The smallest absolute Gasteiger partial charge is 0.260 e. The molecule has 0 saturated heterocycles. The van der Waals surface area contributed by atoms with E-state index in [1.54, 1.807) is 16.2 Å². The van der Waals surface area contributed by atoms with E-state index in [1.165, 1.54) is 5.56 Å². The minimum absolute atomic E-state index is 0. The second kappa shape index (κ2) is 10.1. The highest BCUT2D eigenvalue weighted by Crippen LogP contribution is 2.32. The molecule has 0 aliphatic heterocycles. The maximum atomic E-state index is 13.3. The Bertz CT molecular complexity index is 970. The van der Waals surface area contributed by atoms with Gasteiger partial charge in [-0.3, -0.25) is 9.69 Å². The van der Waals surface area contributed by atoms with Crippen molar-refractivity contribution < 1.29 is 9.53 Å². The summed E-state index contributed by atoms with van der Waals surface area (Å²) in [6, 6.07) is 11.6. The highest BCUT2D eigenvalue weighted by Gasteiger charge is 2.22. The van der Waals surface area contributed by atoms with Gasteiger partial charge in [0, 0.05) is 18.7 Å². The topological polar surface area (TPSA) is 45.7 Å². The zero-order valence-corrected chi connectivity index (χ0v) is 19.2. The first-order chi connectivity index (χ1) is 13.4. The number of benzene rings is 2. The Hall–Kier alpha value is -2.15. The summed E-state index contributed by atoms with van der Waals surface area (Å²) in [5.74, 6) is 0.725. The average Bonchev–Trinajstić information content (AvgIpc) is 3.06. The Balaban J connectivity index is 0.00000300. The van der Waals surface area contributed by atoms with Crippen LogP contribution in [0.15, 0.2) is 36.4 Å². The molecule has 1 amide bonds. The molecule has 0 aliphatic carbocycles. The van der Waals surface area contributed by atoms with Crippen molar-refractivity contribution in [2.24, 2.45) is 0 Å². The molecule has 0 atom stereocenters. The van der Waals surface area contributed by atoms with E-state index in [0.29, 0.717) is 18.7 Å². The summed E-state index contributed by atoms with van der Waals surface area (Å²) in [6.45, 7) is 8.04. The minimum Gasteiger partial charge on any atom is -0.494 e. The number of rotatable bonds is 7. The third-order valence-corrected chi connectivity index (χ3v) is 5.50. The molecule has 7 heteroatoms. The number of anilines is 1. The quantitative estimate of drug-likeness (QED) is 0.529. The lowest BCUT2D eigenvalue weighted by Gasteiger charge is -2.22. The lowest BCUT2D eigenvalue weighted by Crippen LogP contribution is -2.36. The van der Waals surface area contributed by atoms with Crippen LogP contribution in [-0.2, 0) is 0 Å². The zero-order chi connectivity index (χ0) is 20.3. The van der Waals surface area contributed by atoms with E-state index in [-0.39, 0.29) is 18.3 Å². The molecule has 0 radical (unpaired) electrons. The summed E-state index contributed by atoms with van der Waals surface area (Å²) in [5, 5.41) is 0.740. The summed E-state index contributed by atoms with van der Waals surface area (Å²) >= 11 is 1.57. The van der Waals surface area contributed by atoms with Gasteiger partial charge in [0.15, 0.2) is 5.13 Å². The van der Waals surface area contributed by atoms with Gasteiger partial charge in [-0.25, -0.2) is 4.98 Å². The van der Waals surface area contributed by atoms with Crippen LogP contribution in [0.5, 0.6) is 5.75 Å². The van der Waals surface area contributed by atoms with E-state index >= 15 is 0 Å². The van der Waals surface area contributed by atoms with Crippen molar-refractivity contribution in [1.82, 2.24) is 9.88 Å². The fraction of sp³-hybridized carbons (Fsp3) is 0.364. The molecule has 2 aromatic carbocycles. The van der Waals surface area contributed by atoms with Gasteiger partial charge in [0.1, 0.15) is 5.75 Å². The van der Waals surface area contributed by atoms with Crippen LogP contribution in [0.2, 0.25) is 0 Å². The van der Waals surface area contributed by atoms with Crippen molar-refractivity contribution >= 4 is 45.0 Å². The van der Waals surface area contributed by atoms with Crippen LogP contribution < -0.4 is 9.64 Å². The largest absolute Gasteiger partial charge is 0.494 e. The molecule has 0 saturated carbocycles. The zero-order valence-electron chi connectivity index (χ0n) is 17.6. The molecule has 5 nitrogen and oxygen atoms in total. The molecule has 0 unspecified atom stereocenters. The Labute approximate surface area is 182 Å². The van der Waals surface area contributed by atoms with Crippen LogP contribution in [0.3, 0.4) is 0 Å². The lowest BCUT2D eigenvalue weighted by atomic mass is 10.1. The third kappa shape index (κ3) is 5.47. The van der Waals surface area contributed by atoms with Crippen LogP contribution in [0, 0.1) is 13.8 Å². The second-order valence-corrected chi connectivity index (χ2v) is 8.15. The molecular weight excluding hydrogens is 406 g/mol. The number of hydrogen-bond acceptors (Lipinski definition) is 5. The van der Waals surface area contributed by atoms with Crippen LogP contribution in [-0.4, -0.2) is 49.6 Å². The first-order valence-corrected chi connectivity index (χ1v) is 10.3. The van der Waals surface area contributed by atoms with Crippen LogP contribution in [0.4, 0.5) is 5.13 Å². The van der Waals surface area contributed by atoms with Gasteiger partial charge in [-0.15, -0.1) is 12.4 Å². The fourth-order valence-electron chi connectivity index (χ4n) is 3.07. The average molecular weight is 434 g/mol. The molecule has 1 aromatic heterocycles. The predicted molar refractivity (Wildman–Crippen MR) is 124 cm³/mol. The maximum absolute atomic E-state index is 13.3. The van der Waals surface area contributed by atoms with Crippen LogP contribution >= 0.6 is 23.7 Å². The minimum atomic E-state index is -0.0432. The number of hydrogen-bond donors (Lipinski definition) is 0. The maximum Gasteiger partial charge on any atom is 0.260 e. The first-order valence-electron chi connectivity index (χ1n) is 9.46. The van der Waals surface area contributed by atoms with E-state index in [4.69, 9.17) is 9.72 Å². The van der Waals surface area contributed by atoms with Gasteiger partial charge in [-0.05, 0) is 76.3 Å². The highest BCUT2D eigenvalue weighted by molar-refractivity contribution is 7.22. The van der Waals surface area contributed by atoms with Gasteiger partial charge in [-0.2, -0.15) is 0 Å². The molecule has 3 rings (SSSR count). The predicted octanol–water partition coefficient (Wildman–Crippen LogP) is 4.94. The Morgan fingerprint density at radius 2 is 1.79 bits per heavy atom. The van der Waals surface area contributed by atoms with Gasteiger partial charge < -0.3 is 9.64 Å². The molecule has 3 aromatic rings. The number of amides is 1. The second-order valence-electron chi connectivity index (χ2n) is 7.14. The normalized spacial score (nSPS) is 10.8. The number of likely N-dealkylation sites (N-methyl/N-ethyl adjacent to an activating group) is 1. The summed E-state index contributed by atoms with van der Waals surface area (Å²) in [6.07, 6.45) is 0. The number of halogens is 1. The Morgan fingerprint density at radius 1 is 1.10 bits per heavy atom. The number of thiazole rings is 1. The number of nitrogens with zero attached hydrogens (tertiary/aromatic N) is 3. The third-order valence-electron chi connectivity index (χ3n) is 4.48. The van der Waals surface area contributed by atoms with Gasteiger partial charge in [-0.1, -0.05) is 17.4 Å². The van der Waals surface area contributed by atoms with Crippen molar-refractivity contribution in [3.8, 4) is 5.75 Å². The van der Waals surface area contributed by atoms with E-state index < -0.39 is 0 Å². The van der Waals surface area contributed by atoms with Crippen molar-refractivity contribution in [2.45, 2.75) is 20.8 Å². The summed E-state index contributed by atoms with van der Waals surface area (Å²) in [4.78, 5) is 22.0. The summed E-state index contributed by atoms with van der Waals surface area (Å²) < 4.78 is 6.60. The SMILES string of the molecule is CCOc1ccc(C(=O)N(CCN(C)C)c2nc3c(C)cc(C)cc3s2)cc1.Cl. The number of carbonyl (C=O) groups is 1. The molecular formula is C22H28ClN3O2S. The number of carbonyl (C=O) groups excluding carboxylic acids is 1. The van der Waals surface area contributed by atoms with Crippen molar-refractivity contribution in [3.63, 3.8) is 0 Å². The Kier molecular flexibility index (Phi) is 8.02. The molecule has 0 aliphatic rings. The Morgan fingerprint density at radius 3 is 2.41 bits per heavy atom. The monoisotopic (exact) mass is 433 g/mol. The van der Waals surface area contributed by atoms with E-state index in [2.05, 4.69) is 30.9 Å². The molecule has 29 heavy (non-hydrogen) atoms. The molecule has 0 N–H and O–H groups in total. The molecule has 0 bridgehead atoms. The van der Waals surface area contributed by atoms with Crippen molar-refractivity contribution in [3.05, 3.63) is 53.1 Å². The lowest BCUT2D eigenvalue weighted by molar-refractivity contribution is 0.0985. The van der Waals surface area contributed by atoms with Crippen molar-refractivity contribution in [1.29, 1.82) is 0 Å². The number of aryl methyl sites for hydroxylation is 2. The van der Waals surface area contributed by atoms with Gasteiger partial charge in [0.25, 0.3) is 5.91 Å². The van der Waals surface area contributed by atoms with Crippen molar-refractivity contribution in [2.75, 3.05) is 38.7 Å². The van der Waals surface area contributed by atoms with Gasteiger partial charge in [0.05, 0.1) is 16.8 Å².